The van der Waals surface area contributed by atoms with Gasteiger partial charge in [0.25, 0.3) is 0 Å². The summed E-state index contributed by atoms with van der Waals surface area (Å²) in [6.07, 6.45) is 7.79. The maximum atomic E-state index is 4.41. The highest BCUT2D eigenvalue weighted by Crippen LogP contribution is 2.27. The van der Waals surface area contributed by atoms with E-state index in [0.717, 1.165) is 17.1 Å². The van der Waals surface area contributed by atoms with Crippen LogP contribution in [0.2, 0.25) is 0 Å². The van der Waals surface area contributed by atoms with Gasteiger partial charge in [-0.05, 0) is 43.8 Å². The maximum absolute atomic E-state index is 4.41. The van der Waals surface area contributed by atoms with Gasteiger partial charge in [-0.25, -0.2) is 9.97 Å². The molecule has 1 aromatic heterocycles. The van der Waals surface area contributed by atoms with Gasteiger partial charge in [0.15, 0.2) is 0 Å². The lowest BCUT2D eigenvalue weighted by molar-refractivity contribution is 0.221. The monoisotopic (exact) mass is 273 g/mol. The minimum Gasteiger partial charge on any atom is -0.299 e. The summed E-state index contributed by atoms with van der Waals surface area (Å²) in [5.41, 5.74) is 2.43. The Morgan fingerprint density at radius 2 is 2.00 bits per heavy atom. The number of hydrogen-bond donors (Lipinski definition) is 0. The summed E-state index contributed by atoms with van der Waals surface area (Å²) in [4.78, 5) is 11.4. The summed E-state index contributed by atoms with van der Waals surface area (Å²) in [5, 5.41) is 2.33. The van der Waals surface area contributed by atoms with Crippen LogP contribution in [0, 0.1) is 0 Å². The fraction of sp³-hybridized carbons (Fsp3) is 0.467. The molecule has 0 bridgehead atoms. The number of rotatable bonds is 3. The van der Waals surface area contributed by atoms with Crippen LogP contribution >= 0.6 is 11.8 Å². The normalized spacial score (nSPS) is 16.9. The lowest BCUT2D eigenvalue weighted by Gasteiger charge is -2.27. The Labute approximate surface area is 118 Å². The van der Waals surface area contributed by atoms with Crippen LogP contribution in [-0.4, -0.2) is 34.2 Å². The van der Waals surface area contributed by atoms with Crippen molar-refractivity contribution in [2.75, 3.05) is 19.3 Å². The Kier molecular flexibility index (Phi) is 3.99. The van der Waals surface area contributed by atoms with Gasteiger partial charge in [-0.3, -0.25) is 4.90 Å². The van der Waals surface area contributed by atoms with Gasteiger partial charge in [0.05, 0.1) is 5.52 Å². The Hall–Kier alpha value is -1.13. The zero-order valence-corrected chi connectivity index (χ0v) is 12.1. The molecule has 1 aliphatic heterocycles. The van der Waals surface area contributed by atoms with Gasteiger partial charge in [0, 0.05) is 11.9 Å². The minimum absolute atomic E-state index is 1.03. The molecular weight excluding hydrogens is 254 g/mol. The predicted molar refractivity (Wildman–Crippen MR) is 80.4 cm³/mol. The molecule has 2 heterocycles. The first-order valence-corrected chi connectivity index (χ1v) is 8.10. The molecule has 0 radical (unpaired) electrons. The summed E-state index contributed by atoms with van der Waals surface area (Å²) in [6, 6.07) is 6.41. The third kappa shape index (κ3) is 2.74. The van der Waals surface area contributed by atoms with Crippen molar-refractivity contribution in [2.45, 2.75) is 30.8 Å². The molecule has 0 spiro atoms. The van der Waals surface area contributed by atoms with Gasteiger partial charge in [-0.15, -0.1) is 11.8 Å². The Bertz CT molecular complexity index is 559. The number of aromatic nitrogens is 2. The molecule has 100 valence electrons. The molecule has 2 aromatic rings. The third-order valence-corrected chi connectivity index (χ3v) is 4.45. The van der Waals surface area contributed by atoms with Crippen molar-refractivity contribution in [3.63, 3.8) is 0 Å². The van der Waals surface area contributed by atoms with Crippen LogP contribution < -0.4 is 0 Å². The van der Waals surface area contributed by atoms with Crippen molar-refractivity contribution < 1.29 is 0 Å². The van der Waals surface area contributed by atoms with E-state index < -0.39 is 0 Å². The molecule has 0 unspecified atom stereocenters. The molecule has 0 amide bonds. The second kappa shape index (κ2) is 5.88. The molecule has 3 nitrogen and oxygen atoms in total. The fourth-order valence-corrected chi connectivity index (χ4v) is 3.39. The summed E-state index contributed by atoms with van der Waals surface area (Å²) >= 11 is 1.70. The van der Waals surface area contributed by atoms with E-state index in [9.17, 15) is 0 Å². The molecule has 1 saturated heterocycles. The first kappa shape index (κ1) is 12.9. The van der Waals surface area contributed by atoms with Crippen LogP contribution in [0.25, 0.3) is 10.9 Å². The third-order valence-electron chi connectivity index (χ3n) is 3.75. The van der Waals surface area contributed by atoms with Crippen LogP contribution in [0.4, 0.5) is 0 Å². The molecule has 4 heteroatoms. The van der Waals surface area contributed by atoms with Crippen molar-refractivity contribution in [3.05, 3.63) is 30.1 Å². The SMILES string of the molecule is CSc1ncnc2cccc(CN3CCCCC3)c12. The number of piperidine rings is 1. The second-order valence-electron chi connectivity index (χ2n) is 5.03. The van der Waals surface area contributed by atoms with E-state index in [1.165, 1.54) is 43.3 Å². The van der Waals surface area contributed by atoms with Gasteiger partial charge >= 0.3 is 0 Å². The van der Waals surface area contributed by atoms with E-state index in [1.807, 2.05) is 0 Å². The summed E-state index contributed by atoms with van der Waals surface area (Å²) in [7, 11) is 0. The van der Waals surface area contributed by atoms with Gasteiger partial charge in [-0.2, -0.15) is 0 Å². The van der Waals surface area contributed by atoms with E-state index in [-0.39, 0.29) is 0 Å². The lowest BCUT2D eigenvalue weighted by atomic mass is 10.1. The molecule has 0 saturated carbocycles. The van der Waals surface area contributed by atoms with Gasteiger partial charge in [0.1, 0.15) is 11.4 Å². The smallest absolute Gasteiger partial charge is 0.117 e. The maximum Gasteiger partial charge on any atom is 0.117 e. The zero-order chi connectivity index (χ0) is 13.1. The van der Waals surface area contributed by atoms with E-state index >= 15 is 0 Å². The van der Waals surface area contributed by atoms with Crippen LogP contribution in [0.15, 0.2) is 29.6 Å². The molecule has 0 atom stereocenters. The predicted octanol–water partition coefficient (Wildman–Crippen LogP) is 3.34. The first-order valence-electron chi connectivity index (χ1n) is 6.87. The van der Waals surface area contributed by atoms with Gasteiger partial charge < -0.3 is 0 Å². The van der Waals surface area contributed by atoms with Crippen molar-refractivity contribution in [2.24, 2.45) is 0 Å². The number of hydrogen-bond acceptors (Lipinski definition) is 4. The zero-order valence-electron chi connectivity index (χ0n) is 11.3. The Balaban J connectivity index is 1.97. The second-order valence-corrected chi connectivity index (χ2v) is 5.83. The van der Waals surface area contributed by atoms with E-state index in [4.69, 9.17) is 0 Å². The molecule has 3 rings (SSSR count). The van der Waals surface area contributed by atoms with E-state index in [0.29, 0.717) is 0 Å². The minimum atomic E-state index is 1.03. The highest BCUT2D eigenvalue weighted by atomic mass is 32.2. The molecule has 0 aliphatic carbocycles. The van der Waals surface area contributed by atoms with Gasteiger partial charge in [0.2, 0.25) is 0 Å². The quantitative estimate of drug-likeness (QED) is 0.633. The van der Waals surface area contributed by atoms with Crippen molar-refractivity contribution in [1.82, 2.24) is 14.9 Å². The van der Waals surface area contributed by atoms with Crippen LogP contribution in [0.5, 0.6) is 0 Å². The van der Waals surface area contributed by atoms with Crippen LogP contribution in [-0.2, 0) is 6.54 Å². The largest absolute Gasteiger partial charge is 0.299 e. The topological polar surface area (TPSA) is 29.0 Å². The summed E-state index contributed by atoms with van der Waals surface area (Å²) < 4.78 is 0. The number of fused-ring (bicyclic) bond motifs is 1. The summed E-state index contributed by atoms with van der Waals surface area (Å²) in [5.74, 6) is 0. The lowest BCUT2D eigenvalue weighted by Crippen LogP contribution is -2.29. The molecule has 1 fully saturated rings. The van der Waals surface area contributed by atoms with Crippen molar-refractivity contribution in [1.29, 1.82) is 0 Å². The molecule has 1 aliphatic rings. The van der Waals surface area contributed by atoms with Gasteiger partial charge in [-0.1, -0.05) is 18.6 Å². The number of nitrogens with zero attached hydrogens (tertiary/aromatic N) is 3. The molecule has 1 aromatic carbocycles. The van der Waals surface area contributed by atoms with Crippen LogP contribution in [0.3, 0.4) is 0 Å². The standard InChI is InChI=1S/C15H19N3S/c1-19-15-14-12(10-18-8-3-2-4-9-18)6-5-7-13(14)16-11-17-15/h5-7,11H,2-4,8-10H2,1H3. The summed E-state index contributed by atoms with van der Waals surface area (Å²) in [6.45, 7) is 3.47. The number of likely N-dealkylation sites (tertiary alicyclic amines) is 1. The fourth-order valence-electron chi connectivity index (χ4n) is 2.79. The van der Waals surface area contributed by atoms with Crippen molar-refractivity contribution in [3.8, 4) is 0 Å². The molecule has 19 heavy (non-hydrogen) atoms. The molecular formula is C15H19N3S. The highest BCUT2D eigenvalue weighted by Gasteiger charge is 2.14. The van der Waals surface area contributed by atoms with Crippen LogP contribution in [0.1, 0.15) is 24.8 Å². The highest BCUT2D eigenvalue weighted by molar-refractivity contribution is 7.98. The Morgan fingerprint density at radius 1 is 1.16 bits per heavy atom. The number of benzene rings is 1. The first-order chi connectivity index (χ1) is 9.38. The molecule has 0 N–H and O–H groups in total. The number of thioether (sulfide) groups is 1. The van der Waals surface area contributed by atoms with Crippen molar-refractivity contribution >= 4 is 22.7 Å². The van der Waals surface area contributed by atoms with E-state index in [1.54, 1.807) is 18.1 Å². The average Bonchev–Trinajstić information content (AvgIpc) is 2.48. The average molecular weight is 273 g/mol. The Morgan fingerprint density at radius 3 is 2.79 bits per heavy atom. The van der Waals surface area contributed by atoms with E-state index in [2.05, 4.69) is 39.3 Å².